The highest BCUT2D eigenvalue weighted by atomic mass is 79.9. The Kier molecular flexibility index (Phi) is 6.20. The van der Waals surface area contributed by atoms with Gasteiger partial charge < -0.3 is 15.0 Å². The second-order valence-electron chi connectivity index (χ2n) is 6.92. The molecule has 0 spiro atoms. The molecule has 4 nitrogen and oxygen atoms in total. The summed E-state index contributed by atoms with van der Waals surface area (Å²) < 4.78 is 6.39. The lowest BCUT2D eigenvalue weighted by atomic mass is 9.97. The first kappa shape index (κ1) is 18.4. The van der Waals surface area contributed by atoms with Gasteiger partial charge in [-0.05, 0) is 57.7 Å². The lowest BCUT2D eigenvalue weighted by molar-refractivity contribution is 0.0188. The number of nitrogens with zero attached hydrogens (tertiary/aromatic N) is 1. The molecule has 1 aromatic carbocycles. The SMILES string of the molecule is CC(C)(C)OC(=O)N1CCC(CNc2ccc(Br)cc2Cl)CC1. The van der Waals surface area contributed by atoms with Crippen LogP contribution in [0.3, 0.4) is 0 Å². The molecular weight excluding hydrogens is 380 g/mol. The predicted octanol–water partition coefficient (Wildman–Crippen LogP) is 5.16. The lowest BCUT2D eigenvalue weighted by Crippen LogP contribution is -2.42. The Labute approximate surface area is 151 Å². The average Bonchev–Trinajstić information content (AvgIpc) is 2.45. The van der Waals surface area contributed by atoms with Crippen molar-refractivity contribution < 1.29 is 9.53 Å². The number of carbonyl (C=O) groups excluding carboxylic acids is 1. The summed E-state index contributed by atoms with van der Waals surface area (Å²) in [5.74, 6) is 0.536. The first-order valence-electron chi connectivity index (χ1n) is 7.91. The Bertz CT molecular complexity index is 552. The van der Waals surface area contributed by atoms with Crippen molar-refractivity contribution in [3.8, 4) is 0 Å². The van der Waals surface area contributed by atoms with Crippen LogP contribution in [-0.4, -0.2) is 36.2 Å². The van der Waals surface area contributed by atoms with Crippen LogP contribution in [0.25, 0.3) is 0 Å². The minimum absolute atomic E-state index is 0.208. The zero-order valence-electron chi connectivity index (χ0n) is 13.9. The van der Waals surface area contributed by atoms with E-state index < -0.39 is 5.60 Å². The normalized spacial score (nSPS) is 16.3. The zero-order valence-corrected chi connectivity index (χ0v) is 16.2. The van der Waals surface area contributed by atoms with Crippen LogP contribution >= 0.6 is 27.5 Å². The monoisotopic (exact) mass is 402 g/mol. The van der Waals surface area contributed by atoms with E-state index in [2.05, 4.69) is 21.2 Å². The largest absolute Gasteiger partial charge is 0.444 e. The van der Waals surface area contributed by atoms with Gasteiger partial charge in [-0.25, -0.2) is 4.79 Å². The molecule has 0 aromatic heterocycles. The minimum atomic E-state index is -0.437. The van der Waals surface area contributed by atoms with Crippen LogP contribution in [0.5, 0.6) is 0 Å². The van der Waals surface area contributed by atoms with Crippen molar-refractivity contribution in [2.45, 2.75) is 39.2 Å². The van der Waals surface area contributed by atoms with Crippen molar-refractivity contribution in [2.24, 2.45) is 5.92 Å². The number of benzene rings is 1. The molecule has 1 aliphatic rings. The summed E-state index contributed by atoms with van der Waals surface area (Å²) in [6, 6.07) is 5.83. The number of nitrogens with one attached hydrogen (secondary N) is 1. The third-order valence-corrected chi connectivity index (χ3v) is 4.58. The number of anilines is 1. The fraction of sp³-hybridized carbons (Fsp3) is 0.588. The Morgan fingerprint density at radius 2 is 2.04 bits per heavy atom. The minimum Gasteiger partial charge on any atom is -0.444 e. The van der Waals surface area contributed by atoms with E-state index in [1.807, 2.05) is 39.0 Å². The maximum Gasteiger partial charge on any atom is 0.410 e. The predicted molar refractivity (Wildman–Crippen MR) is 98.2 cm³/mol. The van der Waals surface area contributed by atoms with Gasteiger partial charge in [-0.2, -0.15) is 0 Å². The van der Waals surface area contributed by atoms with Crippen molar-refractivity contribution in [3.05, 3.63) is 27.7 Å². The van der Waals surface area contributed by atoms with Gasteiger partial charge in [-0.1, -0.05) is 27.5 Å². The van der Waals surface area contributed by atoms with E-state index in [0.717, 1.165) is 42.6 Å². The molecule has 1 aromatic rings. The van der Waals surface area contributed by atoms with Crippen LogP contribution in [0.4, 0.5) is 10.5 Å². The maximum atomic E-state index is 12.0. The van der Waals surface area contributed by atoms with Crippen LogP contribution in [0, 0.1) is 5.92 Å². The number of piperidine rings is 1. The number of likely N-dealkylation sites (tertiary alicyclic amines) is 1. The first-order valence-corrected chi connectivity index (χ1v) is 9.08. The molecule has 1 fully saturated rings. The number of hydrogen-bond acceptors (Lipinski definition) is 3. The van der Waals surface area contributed by atoms with Crippen molar-refractivity contribution in [1.29, 1.82) is 0 Å². The van der Waals surface area contributed by atoms with Crippen LogP contribution < -0.4 is 5.32 Å². The van der Waals surface area contributed by atoms with E-state index in [4.69, 9.17) is 16.3 Å². The Balaban J connectivity index is 1.77. The third-order valence-electron chi connectivity index (χ3n) is 3.78. The van der Waals surface area contributed by atoms with Crippen LogP contribution in [-0.2, 0) is 4.74 Å². The molecule has 1 amide bonds. The fourth-order valence-electron chi connectivity index (χ4n) is 2.53. The summed E-state index contributed by atoms with van der Waals surface area (Å²) in [4.78, 5) is 13.8. The molecule has 0 unspecified atom stereocenters. The highest BCUT2D eigenvalue weighted by Crippen LogP contribution is 2.27. The number of carbonyl (C=O) groups is 1. The standard InChI is InChI=1S/C17H24BrClN2O2/c1-17(2,3)23-16(22)21-8-6-12(7-9-21)11-20-15-5-4-13(18)10-14(15)19/h4-5,10,12,20H,6-9,11H2,1-3H3. The summed E-state index contributed by atoms with van der Waals surface area (Å²) in [7, 11) is 0. The van der Waals surface area contributed by atoms with E-state index in [9.17, 15) is 4.79 Å². The topological polar surface area (TPSA) is 41.6 Å². The highest BCUT2D eigenvalue weighted by molar-refractivity contribution is 9.10. The fourth-order valence-corrected chi connectivity index (χ4v) is 3.27. The summed E-state index contributed by atoms with van der Waals surface area (Å²) >= 11 is 9.61. The summed E-state index contributed by atoms with van der Waals surface area (Å²) in [5, 5.41) is 4.12. The number of amides is 1. The van der Waals surface area contributed by atoms with Crippen molar-refractivity contribution >= 4 is 39.3 Å². The van der Waals surface area contributed by atoms with Gasteiger partial charge in [0.15, 0.2) is 0 Å². The number of ether oxygens (including phenoxy) is 1. The summed E-state index contributed by atoms with van der Waals surface area (Å²) in [5.41, 5.74) is 0.512. The molecule has 0 saturated carbocycles. The van der Waals surface area contributed by atoms with Crippen LogP contribution in [0.15, 0.2) is 22.7 Å². The zero-order chi connectivity index (χ0) is 17.0. The highest BCUT2D eigenvalue weighted by Gasteiger charge is 2.26. The van der Waals surface area contributed by atoms with E-state index in [1.54, 1.807) is 4.90 Å². The third kappa shape index (κ3) is 5.88. The Morgan fingerprint density at radius 3 is 2.61 bits per heavy atom. The van der Waals surface area contributed by atoms with Gasteiger partial charge in [-0.3, -0.25) is 0 Å². The maximum absolute atomic E-state index is 12.0. The van der Waals surface area contributed by atoms with Crippen LogP contribution in [0.2, 0.25) is 5.02 Å². The van der Waals surface area contributed by atoms with Gasteiger partial charge >= 0.3 is 6.09 Å². The summed E-state index contributed by atoms with van der Waals surface area (Å²) in [6.07, 6.45) is 1.74. The molecule has 1 saturated heterocycles. The molecular formula is C17H24BrClN2O2. The van der Waals surface area contributed by atoms with Crippen molar-refractivity contribution in [2.75, 3.05) is 25.0 Å². The molecule has 1 heterocycles. The summed E-state index contributed by atoms with van der Waals surface area (Å²) in [6.45, 7) is 8.03. The number of hydrogen-bond donors (Lipinski definition) is 1. The quantitative estimate of drug-likeness (QED) is 0.757. The Hall–Kier alpha value is -0.940. The van der Waals surface area contributed by atoms with Crippen molar-refractivity contribution in [3.63, 3.8) is 0 Å². The number of rotatable bonds is 3. The van der Waals surface area contributed by atoms with Gasteiger partial charge in [0.05, 0.1) is 10.7 Å². The van der Waals surface area contributed by atoms with E-state index in [0.29, 0.717) is 10.9 Å². The molecule has 0 radical (unpaired) electrons. The average molecular weight is 404 g/mol. The van der Waals surface area contributed by atoms with E-state index in [-0.39, 0.29) is 6.09 Å². The van der Waals surface area contributed by atoms with Gasteiger partial charge in [0, 0.05) is 24.1 Å². The molecule has 1 aliphatic heterocycles. The lowest BCUT2D eigenvalue weighted by Gasteiger charge is -2.33. The second kappa shape index (κ2) is 7.75. The van der Waals surface area contributed by atoms with Gasteiger partial charge in [0.25, 0.3) is 0 Å². The molecule has 23 heavy (non-hydrogen) atoms. The van der Waals surface area contributed by atoms with Gasteiger partial charge in [0.2, 0.25) is 0 Å². The van der Waals surface area contributed by atoms with Gasteiger partial charge in [0.1, 0.15) is 5.60 Å². The second-order valence-corrected chi connectivity index (χ2v) is 8.24. The molecule has 2 rings (SSSR count). The first-order chi connectivity index (χ1) is 10.7. The molecule has 128 valence electrons. The Morgan fingerprint density at radius 1 is 1.39 bits per heavy atom. The molecule has 0 aliphatic carbocycles. The van der Waals surface area contributed by atoms with E-state index in [1.165, 1.54) is 0 Å². The van der Waals surface area contributed by atoms with Crippen LogP contribution in [0.1, 0.15) is 33.6 Å². The van der Waals surface area contributed by atoms with Crippen molar-refractivity contribution in [1.82, 2.24) is 4.90 Å². The van der Waals surface area contributed by atoms with E-state index >= 15 is 0 Å². The smallest absolute Gasteiger partial charge is 0.410 e. The van der Waals surface area contributed by atoms with Gasteiger partial charge in [-0.15, -0.1) is 0 Å². The molecule has 0 atom stereocenters. The molecule has 0 bridgehead atoms. The number of halogens is 2. The molecule has 6 heteroatoms. The molecule has 1 N–H and O–H groups in total.